The molecule has 0 aliphatic carbocycles. The molecule has 0 atom stereocenters. The van der Waals surface area contributed by atoms with Gasteiger partial charge in [-0.2, -0.15) is 9.41 Å². The zero-order valence-corrected chi connectivity index (χ0v) is 22.9. The van der Waals surface area contributed by atoms with Crippen molar-refractivity contribution in [2.24, 2.45) is 5.10 Å². The minimum absolute atomic E-state index is 0.289. The normalized spacial score (nSPS) is 12.1. The van der Waals surface area contributed by atoms with E-state index < -0.39 is 10.0 Å². The van der Waals surface area contributed by atoms with E-state index in [1.165, 1.54) is 0 Å². The zero-order chi connectivity index (χ0) is 25.6. The monoisotopic (exact) mass is 533 g/mol. The molecule has 0 aliphatic heterocycles. The topological polar surface area (TPSA) is 78.7 Å². The van der Waals surface area contributed by atoms with Gasteiger partial charge >= 0.3 is 0 Å². The zero-order valence-electron chi connectivity index (χ0n) is 20.5. The van der Waals surface area contributed by atoms with Gasteiger partial charge in [-0.05, 0) is 74.8 Å². The van der Waals surface area contributed by atoms with E-state index in [4.69, 9.17) is 23.8 Å². The van der Waals surface area contributed by atoms with E-state index in [9.17, 15) is 8.42 Å². The molecular weight excluding hydrogens is 502 g/mol. The smallest absolute Gasteiger partial charge is 0.243 e. The lowest BCUT2D eigenvalue weighted by Crippen LogP contribution is -2.32. The average molecular weight is 534 g/mol. The number of benzene rings is 2. The second-order valence-electron chi connectivity index (χ2n) is 8.19. The lowest BCUT2D eigenvalue weighted by atomic mass is 10.2. The highest BCUT2D eigenvalue weighted by atomic mass is 35.5. The highest BCUT2D eigenvalue weighted by molar-refractivity contribution is 7.89. The van der Waals surface area contributed by atoms with Crippen LogP contribution < -0.4 is 10.7 Å². The van der Waals surface area contributed by atoms with Gasteiger partial charge in [0.25, 0.3) is 0 Å². The van der Waals surface area contributed by atoms with Gasteiger partial charge in [-0.15, -0.1) is 0 Å². The number of hydrogen-bond donors (Lipinski definition) is 2. The number of halogens is 1. The van der Waals surface area contributed by atoms with Crippen LogP contribution >= 0.6 is 23.8 Å². The Balaban J connectivity index is 1.87. The number of nitrogens with one attached hydrogen (secondary N) is 2. The second-order valence-corrected chi connectivity index (χ2v) is 10.9. The van der Waals surface area contributed by atoms with Crippen molar-refractivity contribution >= 4 is 61.8 Å². The Bertz CT molecular complexity index is 1330. The molecule has 35 heavy (non-hydrogen) atoms. The minimum atomic E-state index is -3.58. The largest absolute Gasteiger partial charge is 0.347 e. The maximum atomic E-state index is 13.3. The molecule has 0 aliphatic rings. The fraction of sp³-hybridized carbons (Fsp3) is 0.360. The van der Waals surface area contributed by atoms with Crippen molar-refractivity contribution in [2.45, 2.75) is 52.0 Å². The number of hydrazone groups is 1. The molecule has 1 heterocycles. The van der Waals surface area contributed by atoms with Gasteiger partial charge in [0.05, 0.1) is 11.1 Å². The number of nitrogens with zero attached hydrogens (tertiary/aromatic N) is 3. The Kier molecular flexibility index (Phi) is 9.29. The van der Waals surface area contributed by atoms with Crippen molar-refractivity contribution in [2.75, 3.05) is 18.4 Å². The van der Waals surface area contributed by atoms with E-state index in [1.54, 1.807) is 22.7 Å². The van der Waals surface area contributed by atoms with E-state index in [0.29, 0.717) is 23.2 Å². The lowest BCUT2D eigenvalue weighted by molar-refractivity contribution is 0.410. The molecule has 188 valence electrons. The highest BCUT2D eigenvalue weighted by Gasteiger charge is 2.24. The van der Waals surface area contributed by atoms with Gasteiger partial charge in [-0.3, -0.25) is 5.43 Å². The van der Waals surface area contributed by atoms with E-state index in [1.807, 2.05) is 58.2 Å². The van der Waals surface area contributed by atoms with Crippen LogP contribution in [0.1, 0.15) is 44.7 Å². The van der Waals surface area contributed by atoms with E-state index in [2.05, 4.69) is 20.4 Å². The summed E-state index contributed by atoms with van der Waals surface area (Å²) in [7, 11) is -3.58. The Hall–Kier alpha value is -2.46. The van der Waals surface area contributed by atoms with E-state index >= 15 is 0 Å². The molecule has 0 unspecified atom stereocenters. The molecule has 2 N–H and O–H groups in total. The number of aromatic nitrogens is 1. The summed E-state index contributed by atoms with van der Waals surface area (Å²) in [6, 6.07) is 10.8. The van der Waals surface area contributed by atoms with Crippen LogP contribution in [0, 0.1) is 6.92 Å². The van der Waals surface area contributed by atoms with Crippen LogP contribution in [-0.2, 0) is 16.6 Å². The summed E-state index contributed by atoms with van der Waals surface area (Å²) in [5.41, 5.74) is 6.26. The number of hydrogen-bond acceptors (Lipinski definition) is 4. The summed E-state index contributed by atoms with van der Waals surface area (Å²) in [5.74, 6) is 0. The molecule has 2 aromatic carbocycles. The first-order chi connectivity index (χ1) is 16.7. The third kappa shape index (κ3) is 6.22. The van der Waals surface area contributed by atoms with Crippen LogP contribution in [0.4, 0.5) is 5.69 Å². The molecule has 0 bridgehead atoms. The number of sulfonamides is 1. The van der Waals surface area contributed by atoms with E-state index in [-0.39, 0.29) is 4.90 Å². The maximum absolute atomic E-state index is 13.3. The predicted octanol–water partition coefficient (Wildman–Crippen LogP) is 5.75. The number of fused-ring (bicyclic) bond motifs is 1. The number of anilines is 1. The van der Waals surface area contributed by atoms with Gasteiger partial charge < -0.3 is 9.88 Å². The summed E-state index contributed by atoms with van der Waals surface area (Å²) >= 11 is 11.5. The quantitative estimate of drug-likeness (QED) is 0.197. The Morgan fingerprint density at radius 1 is 1.17 bits per heavy atom. The first-order valence-corrected chi connectivity index (χ1v) is 13.9. The molecule has 10 heteroatoms. The Labute approximate surface area is 218 Å². The van der Waals surface area contributed by atoms with Gasteiger partial charge in [0.1, 0.15) is 0 Å². The fourth-order valence-corrected chi connectivity index (χ4v) is 5.87. The van der Waals surface area contributed by atoms with Crippen molar-refractivity contribution in [3.63, 3.8) is 0 Å². The van der Waals surface area contributed by atoms with Crippen LogP contribution in [0.15, 0.2) is 52.6 Å². The summed E-state index contributed by atoms with van der Waals surface area (Å²) < 4.78 is 30.2. The molecule has 0 saturated carbocycles. The van der Waals surface area contributed by atoms with Crippen LogP contribution in [0.2, 0.25) is 5.02 Å². The van der Waals surface area contributed by atoms with Crippen molar-refractivity contribution < 1.29 is 8.42 Å². The van der Waals surface area contributed by atoms with Gasteiger partial charge in [0.2, 0.25) is 10.0 Å². The van der Waals surface area contributed by atoms with Crippen molar-refractivity contribution in [3.8, 4) is 0 Å². The Morgan fingerprint density at radius 3 is 2.54 bits per heavy atom. The molecule has 0 spiro atoms. The number of thiocarbonyl (C=S) groups is 1. The molecule has 0 fully saturated rings. The van der Waals surface area contributed by atoms with Crippen LogP contribution in [-0.4, -0.2) is 41.7 Å². The van der Waals surface area contributed by atoms with Gasteiger partial charge in [-0.25, -0.2) is 8.42 Å². The van der Waals surface area contributed by atoms with Crippen molar-refractivity contribution in [1.29, 1.82) is 0 Å². The molecule has 3 rings (SSSR count). The van der Waals surface area contributed by atoms with Crippen LogP contribution in [0.3, 0.4) is 0 Å². The maximum Gasteiger partial charge on any atom is 0.243 e. The van der Waals surface area contributed by atoms with Gasteiger partial charge in [0.15, 0.2) is 5.11 Å². The summed E-state index contributed by atoms with van der Waals surface area (Å²) in [5, 5.41) is 9.16. The Morgan fingerprint density at radius 2 is 1.89 bits per heavy atom. The summed E-state index contributed by atoms with van der Waals surface area (Å²) in [4.78, 5) is 0.289. The average Bonchev–Trinajstić information content (AvgIpc) is 3.19. The summed E-state index contributed by atoms with van der Waals surface area (Å²) in [6.07, 6.45) is 5.14. The standard InChI is InChI=1S/C25H32ClN5O2S2/c1-5-13-31(14-6-2)35(32,33)20-11-12-24-21(15-20)19(17-30(24)7-3)16-27-29-25(34)28-23-10-8-9-22(26)18(23)4/h8-12,15-17H,5-7,13-14H2,1-4H3,(H2,28,29,34)/b27-16+. The molecular formula is C25H32ClN5O2S2. The number of aryl methyl sites for hydroxylation is 1. The number of rotatable bonds is 10. The first-order valence-electron chi connectivity index (χ1n) is 11.7. The fourth-order valence-electron chi connectivity index (χ4n) is 3.88. The van der Waals surface area contributed by atoms with Gasteiger partial charge in [-0.1, -0.05) is 31.5 Å². The van der Waals surface area contributed by atoms with Crippen LogP contribution in [0.25, 0.3) is 10.9 Å². The molecule has 7 nitrogen and oxygen atoms in total. The first kappa shape index (κ1) is 27.1. The second kappa shape index (κ2) is 12.0. The van der Waals surface area contributed by atoms with Gasteiger partial charge in [0, 0.05) is 53.0 Å². The van der Waals surface area contributed by atoms with E-state index in [0.717, 1.165) is 47.1 Å². The van der Waals surface area contributed by atoms with Crippen molar-refractivity contribution in [1.82, 2.24) is 14.3 Å². The minimum Gasteiger partial charge on any atom is -0.347 e. The molecule has 1 aromatic heterocycles. The third-order valence-electron chi connectivity index (χ3n) is 5.69. The SMILES string of the molecule is CCCN(CCC)S(=O)(=O)c1ccc2c(c1)c(/C=N/NC(=S)Nc1cccc(Cl)c1C)cn2CC. The summed E-state index contributed by atoms with van der Waals surface area (Å²) in [6.45, 7) is 9.66. The highest BCUT2D eigenvalue weighted by Crippen LogP contribution is 2.26. The molecule has 3 aromatic rings. The third-order valence-corrected chi connectivity index (χ3v) is 8.19. The molecule has 0 radical (unpaired) electrons. The lowest BCUT2D eigenvalue weighted by Gasteiger charge is -2.21. The predicted molar refractivity (Wildman–Crippen MR) is 150 cm³/mol. The molecule has 0 amide bonds. The van der Waals surface area contributed by atoms with Crippen LogP contribution in [0.5, 0.6) is 0 Å². The van der Waals surface area contributed by atoms with Crippen molar-refractivity contribution in [3.05, 3.63) is 58.7 Å². The molecule has 0 saturated heterocycles.